The number of amides is 2. The third kappa shape index (κ3) is 2.70. The Morgan fingerprint density at radius 3 is 2.67 bits per heavy atom. The lowest BCUT2D eigenvalue weighted by atomic mass is 10.1. The second kappa shape index (κ2) is 5.67. The summed E-state index contributed by atoms with van der Waals surface area (Å²) in [5.41, 5.74) is 1.06. The molecule has 1 aliphatic rings. The van der Waals surface area contributed by atoms with E-state index in [9.17, 15) is 9.59 Å². The molecule has 1 fully saturated rings. The highest BCUT2D eigenvalue weighted by Crippen LogP contribution is 2.15. The molecule has 1 aromatic rings. The summed E-state index contributed by atoms with van der Waals surface area (Å²) >= 11 is 0. The SMILES string of the molecule is CCCC1C(=O)NCC(=O)N1Cc1ccccc1. The van der Waals surface area contributed by atoms with Crippen LogP contribution >= 0.6 is 0 Å². The molecule has 1 atom stereocenters. The third-order valence-corrected chi connectivity index (χ3v) is 3.17. The number of nitrogens with one attached hydrogen (secondary N) is 1. The van der Waals surface area contributed by atoms with Crippen LogP contribution in [0.15, 0.2) is 30.3 Å². The second-order valence-electron chi connectivity index (χ2n) is 4.53. The van der Waals surface area contributed by atoms with Crippen LogP contribution in [0.3, 0.4) is 0 Å². The second-order valence-corrected chi connectivity index (χ2v) is 4.53. The Bertz CT molecular complexity index is 431. The van der Waals surface area contributed by atoms with Gasteiger partial charge in [-0.25, -0.2) is 0 Å². The van der Waals surface area contributed by atoms with Crippen LogP contribution in [-0.4, -0.2) is 29.3 Å². The number of carbonyl (C=O) groups excluding carboxylic acids is 2. The van der Waals surface area contributed by atoms with Gasteiger partial charge in [-0.3, -0.25) is 9.59 Å². The first-order valence-corrected chi connectivity index (χ1v) is 6.33. The molecular formula is C14H18N2O2. The lowest BCUT2D eigenvalue weighted by Gasteiger charge is -2.35. The van der Waals surface area contributed by atoms with Crippen LogP contribution in [0.5, 0.6) is 0 Å². The van der Waals surface area contributed by atoms with E-state index >= 15 is 0 Å². The normalized spacial score (nSPS) is 19.8. The molecule has 0 saturated carbocycles. The molecule has 0 bridgehead atoms. The maximum Gasteiger partial charge on any atom is 0.243 e. The zero-order valence-electron chi connectivity index (χ0n) is 10.6. The number of hydrogen-bond acceptors (Lipinski definition) is 2. The van der Waals surface area contributed by atoms with Gasteiger partial charge in [0.25, 0.3) is 0 Å². The van der Waals surface area contributed by atoms with Crippen molar-refractivity contribution in [1.29, 1.82) is 0 Å². The van der Waals surface area contributed by atoms with Crippen molar-refractivity contribution in [2.75, 3.05) is 6.54 Å². The first-order chi connectivity index (χ1) is 8.72. The summed E-state index contributed by atoms with van der Waals surface area (Å²) in [6.07, 6.45) is 1.60. The van der Waals surface area contributed by atoms with E-state index in [0.29, 0.717) is 13.0 Å². The van der Waals surface area contributed by atoms with Crippen LogP contribution in [0.2, 0.25) is 0 Å². The Morgan fingerprint density at radius 2 is 2.00 bits per heavy atom. The molecule has 18 heavy (non-hydrogen) atoms. The number of nitrogens with zero attached hydrogens (tertiary/aromatic N) is 1. The fourth-order valence-corrected chi connectivity index (χ4v) is 2.24. The molecule has 1 heterocycles. The minimum atomic E-state index is -0.323. The van der Waals surface area contributed by atoms with Crippen molar-refractivity contribution in [3.63, 3.8) is 0 Å². The van der Waals surface area contributed by atoms with Crippen LogP contribution in [-0.2, 0) is 16.1 Å². The van der Waals surface area contributed by atoms with Crippen molar-refractivity contribution in [2.24, 2.45) is 0 Å². The Hall–Kier alpha value is -1.84. The average Bonchev–Trinajstić information content (AvgIpc) is 2.39. The van der Waals surface area contributed by atoms with Crippen molar-refractivity contribution in [2.45, 2.75) is 32.4 Å². The predicted octanol–water partition coefficient (Wildman–Crippen LogP) is 1.31. The fourth-order valence-electron chi connectivity index (χ4n) is 2.24. The number of piperazine rings is 1. The van der Waals surface area contributed by atoms with Crippen LogP contribution in [0.25, 0.3) is 0 Å². The summed E-state index contributed by atoms with van der Waals surface area (Å²) in [7, 11) is 0. The number of benzene rings is 1. The quantitative estimate of drug-likeness (QED) is 0.871. The van der Waals surface area contributed by atoms with Gasteiger partial charge in [-0.2, -0.15) is 0 Å². The number of hydrogen-bond donors (Lipinski definition) is 1. The van der Waals surface area contributed by atoms with E-state index in [2.05, 4.69) is 5.32 Å². The third-order valence-electron chi connectivity index (χ3n) is 3.17. The summed E-state index contributed by atoms with van der Waals surface area (Å²) in [5, 5.41) is 2.65. The smallest absolute Gasteiger partial charge is 0.243 e. The molecule has 4 heteroatoms. The highest BCUT2D eigenvalue weighted by molar-refractivity contribution is 5.94. The Labute approximate surface area is 107 Å². The summed E-state index contributed by atoms with van der Waals surface area (Å²) in [6.45, 7) is 2.65. The van der Waals surface area contributed by atoms with Crippen LogP contribution < -0.4 is 5.32 Å². The van der Waals surface area contributed by atoms with E-state index in [4.69, 9.17) is 0 Å². The molecule has 96 valence electrons. The van der Waals surface area contributed by atoms with Crippen molar-refractivity contribution in [3.8, 4) is 0 Å². The van der Waals surface area contributed by atoms with E-state index in [0.717, 1.165) is 12.0 Å². The number of rotatable bonds is 4. The van der Waals surface area contributed by atoms with E-state index in [1.54, 1.807) is 4.90 Å². The Morgan fingerprint density at radius 1 is 1.28 bits per heavy atom. The van der Waals surface area contributed by atoms with Gasteiger partial charge in [0.2, 0.25) is 11.8 Å². The van der Waals surface area contributed by atoms with Crippen LogP contribution in [0, 0.1) is 0 Å². The molecule has 0 aromatic heterocycles. The van der Waals surface area contributed by atoms with Crippen LogP contribution in [0.4, 0.5) is 0 Å². The number of carbonyl (C=O) groups is 2. The summed E-state index contributed by atoms with van der Waals surface area (Å²) in [5.74, 6) is -0.0377. The Balaban J connectivity index is 2.15. The lowest BCUT2D eigenvalue weighted by molar-refractivity contribution is -0.146. The summed E-state index contributed by atoms with van der Waals surface area (Å²) < 4.78 is 0. The molecule has 2 amide bonds. The maximum absolute atomic E-state index is 11.9. The monoisotopic (exact) mass is 246 g/mol. The van der Waals surface area contributed by atoms with Gasteiger partial charge in [0.15, 0.2) is 0 Å². The van der Waals surface area contributed by atoms with E-state index < -0.39 is 0 Å². The molecule has 1 aromatic carbocycles. The van der Waals surface area contributed by atoms with Gasteiger partial charge < -0.3 is 10.2 Å². The fraction of sp³-hybridized carbons (Fsp3) is 0.429. The topological polar surface area (TPSA) is 49.4 Å². The van der Waals surface area contributed by atoms with Crippen molar-refractivity contribution in [3.05, 3.63) is 35.9 Å². The van der Waals surface area contributed by atoms with Crippen molar-refractivity contribution in [1.82, 2.24) is 10.2 Å². The molecule has 0 aliphatic carbocycles. The van der Waals surface area contributed by atoms with Gasteiger partial charge in [-0.1, -0.05) is 43.7 Å². The molecule has 1 N–H and O–H groups in total. The zero-order valence-corrected chi connectivity index (χ0v) is 10.6. The minimum absolute atomic E-state index is 0.00287. The van der Waals surface area contributed by atoms with Gasteiger partial charge in [0, 0.05) is 6.54 Å². The predicted molar refractivity (Wildman–Crippen MR) is 68.7 cm³/mol. The highest BCUT2D eigenvalue weighted by Gasteiger charge is 2.33. The largest absolute Gasteiger partial charge is 0.345 e. The molecule has 1 unspecified atom stereocenters. The first kappa shape index (κ1) is 12.6. The van der Waals surface area contributed by atoms with Gasteiger partial charge >= 0.3 is 0 Å². The van der Waals surface area contributed by atoms with Gasteiger partial charge in [0.05, 0.1) is 6.54 Å². The molecule has 4 nitrogen and oxygen atoms in total. The zero-order chi connectivity index (χ0) is 13.0. The van der Waals surface area contributed by atoms with Crippen molar-refractivity contribution >= 4 is 11.8 Å². The lowest BCUT2D eigenvalue weighted by Crippen LogP contribution is -2.57. The Kier molecular flexibility index (Phi) is 3.97. The van der Waals surface area contributed by atoms with Crippen LogP contribution in [0.1, 0.15) is 25.3 Å². The minimum Gasteiger partial charge on any atom is -0.345 e. The van der Waals surface area contributed by atoms with Gasteiger partial charge in [0.1, 0.15) is 6.04 Å². The van der Waals surface area contributed by atoms with Crippen molar-refractivity contribution < 1.29 is 9.59 Å². The molecule has 1 saturated heterocycles. The van der Waals surface area contributed by atoms with Gasteiger partial charge in [-0.15, -0.1) is 0 Å². The standard InChI is InChI=1S/C14H18N2O2/c1-2-6-12-14(18)15-9-13(17)16(12)10-11-7-4-3-5-8-11/h3-5,7-8,12H,2,6,9-10H2,1H3,(H,15,18). The molecule has 2 rings (SSSR count). The highest BCUT2D eigenvalue weighted by atomic mass is 16.2. The van der Waals surface area contributed by atoms with E-state index in [-0.39, 0.29) is 24.4 Å². The maximum atomic E-state index is 11.9. The molecule has 1 aliphatic heterocycles. The summed E-state index contributed by atoms with van der Waals surface area (Å²) in [6, 6.07) is 9.46. The molecule has 0 radical (unpaired) electrons. The van der Waals surface area contributed by atoms with E-state index in [1.807, 2.05) is 37.3 Å². The van der Waals surface area contributed by atoms with Gasteiger partial charge in [-0.05, 0) is 12.0 Å². The molecule has 0 spiro atoms. The van der Waals surface area contributed by atoms with E-state index in [1.165, 1.54) is 0 Å². The average molecular weight is 246 g/mol. The molecular weight excluding hydrogens is 228 g/mol. The first-order valence-electron chi connectivity index (χ1n) is 6.33. The summed E-state index contributed by atoms with van der Waals surface area (Å²) in [4.78, 5) is 25.5.